The largest absolute Gasteiger partial charge is 0.467 e. The Labute approximate surface area is 149 Å². The molecule has 1 aliphatic carbocycles. The maximum absolute atomic E-state index is 14.0. The minimum atomic E-state index is -0.416. The van der Waals surface area contributed by atoms with E-state index in [1.165, 1.54) is 29.4 Å². The zero-order valence-corrected chi connectivity index (χ0v) is 13.9. The molecule has 0 unspecified atom stereocenters. The normalized spacial score (nSPS) is 18.5. The lowest BCUT2D eigenvalue weighted by Gasteiger charge is -2.22. The summed E-state index contributed by atoms with van der Waals surface area (Å²) < 4.78 is 33.0. The lowest BCUT2D eigenvalue weighted by Crippen LogP contribution is -2.32. The van der Waals surface area contributed by atoms with E-state index < -0.39 is 5.82 Å². The molecular weight excluding hydrogens is 336 g/mol. The van der Waals surface area contributed by atoms with E-state index in [2.05, 4.69) is 0 Å². The number of amides is 1. The van der Waals surface area contributed by atoms with Crippen LogP contribution in [0, 0.1) is 17.6 Å². The monoisotopic (exact) mass is 353 g/mol. The Morgan fingerprint density at radius 1 is 1.08 bits per heavy atom. The van der Waals surface area contributed by atoms with Crippen LogP contribution in [0.1, 0.15) is 23.7 Å². The van der Waals surface area contributed by atoms with Gasteiger partial charge in [0.15, 0.2) is 0 Å². The van der Waals surface area contributed by atoms with Crippen LogP contribution in [0.15, 0.2) is 71.3 Å². The molecule has 1 aliphatic rings. The molecule has 4 rings (SSSR count). The number of carbonyl (C=O) groups is 1. The predicted molar refractivity (Wildman–Crippen MR) is 93.5 cm³/mol. The van der Waals surface area contributed by atoms with Gasteiger partial charge in [0, 0.05) is 11.6 Å². The van der Waals surface area contributed by atoms with Crippen molar-refractivity contribution in [3.63, 3.8) is 0 Å². The summed E-state index contributed by atoms with van der Waals surface area (Å²) in [6, 6.07) is 15.9. The summed E-state index contributed by atoms with van der Waals surface area (Å²) in [5.41, 5.74) is 1.02. The Morgan fingerprint density at radius 3 is 2.65 bits per heavy atom. The predicted octanol–water partition coefficient (Wildman–Crippen LogP) is 4.89. The second-order valence-corrected chi connectivity index (χ2v) is 6.45. The molecule has 0 aliphatic heterocycles. The van der Waals surface area contributed by atoms with Crippen molar-refractivity contribution in [3.8, 4) is 0 Å². The summed E-state index contributed by atoms with van der Waals surface area (Å²) in [6.07, 6.45) is 2.12. The molecule has 1 saturated carbocycles. The van der Waals surface area contributed by atoms with Crippen LogP contribution in [-0.4, -0.2) is 5.91 Å². The summed E-state index contributed by atoms with van der Waals surface area (Å²) in [6.45, 7) is 0.204. The average molecular weight is 353 g/mol. The van der Waals surface area contributed by atoms with E-state index in [1.807, 2.05) is 0 Å². The van der Waals surface area contributed by atoms with Crippen LogP contribution in [0.4, 0.5) is 14.5 Å². The van der Waals surface area contributed by atoms with Crippen LogP contribution in [-0.2, 0) is 11.3 Å². The van der Waals surface area contributed by atoms with Gasteiger partial charge in [0.2, 0.25) is 5.91 Å². The third-order valence-electron chi connectivity index (χ3n) is 4.69. The molecule has 1 fully saturated rings. The number of anilines is 1. The molecule has 5 heteroatoms. The van der Waals surface area contributed by atoms with Gasteiger partial charge in [-0.05, 0) is 54.3 Å². The van der Waals surface area contributed by atoms with E-state index in [-0.39, 0.29) is 30.1 Å². The molecule has 3 aromatic rings. The molecule has 2 aromatic carbocycles. The molecule has 1 amide bonds. The number of hydrogen-bond donors (Lipinski definition) is 0. The molecule has 0 N–H and O–H groups in total. The molecule has 0 bridgehead atoms. The van der Waals surface area contributed by atoms with E-state index in [0.29, 0.717) is 23.4 Å². The number of halogens is 2. The van der Waals surface area contributed by atoms with Crippen molar-refractivity contribution in [2.24, 2.45) is 5.92 Å². The number of rotatable bonds is 5. The molecule has 0 saturated heterocycles. The molecule has 0 radical (unpaired) electrons. The van der Waals surface area contributed by atoms with Gasteiger partial charge < -0.3 is 9.32 Å². The fraction of sp³-hybridized carbons (Fsp3) is 0.190. The standard InChI is InChI=1S/C21H17F2NO2/c22-14-5-3-6-15(11-14)24(13-16-7-4-10-26-16)21(25)19-12-18(19)17-8-1-2-9-20(17)23/h1-11,18-19H,12-13H2/t18-,19-/m1/s1. The molecule has 1 aromatic heterocycles. The van der Waals surface area contributed by atoms with Gasteiger partial charge in [-0.2, -0.15) is 0 Å². The first-order chi connectivity index (χ1) is 12.6. The summed E-state index contributed by atoms with van der Waals surface area (Å²) >= 11 is 0. The number of benzene rings is 2. The van der Waals surface area contributed by atoms with Gasteiger partial charge in [-0.1, -0.05) is 24.3 Å². The topological polar surface area (TPSA) is 33.5 Å². The Kier molecular flexibility index (Phi) is 4.29. The second-order valence-electron chi connectivity index (χ2n) is 6.45. The summed E-state index contributed by atoms with van der Waals surface area (Å²) in [4.78, 5) is 14.6. The molecule has 2 atom stereocenters. The molecule has 26 heavy (non-hydrogen) atoms. The first-order valence-electron chi connectivity index (χ1n) is 8.47. The van der Waals surface area contributed by atoms with Crippen molar-refractivity contribution in [2.45, 2.75) is 18.9 Å². The Bertz CT molecular complexity index is 923. The zero-order chi connectivity index (χ0) is 18.1. The van der Waals surface area contributed by atoms with Crippen LogP contribution in [0.2, 0.25) is 0 Å². The van der Waals surface area contributed by atoms with Crippen molar-refractivity contribution in [2.75, 3.05) is 4.90 Å². The van der Waals surface area contributed by atoms with E-state index in [1.54, 1.807) is 42.5 Å². The molecule has 0 spiro atoms. The third kappa shape index (κ3) is 3.25. The van der Waals surface area contributed by atoms with Crippen LogP contribution in [0.3, 0.4) is 0 Å². The Hall–Kier alpha value is -2.95. The Morgan fingerprint density at radius 2 is 1.92 bits per heavy atom. The van der Waals surface area contributed by atoms with Crippen molar-refractivity contribution >= 4 is 11.6 Å². The van der Waals surface area contributed by atoms with Gasteiger partial charge in [-0.15, -0.1) is 0 Å². The number of hydrogen-bond acceptors (Lipinski definition) is 2. The summed E-state index contributed by atoms with van der Waals surface area (Å²) in [5, 5.41) is 0. The fourth-order valence-electron chi connectivity index (χ4n) is 3.29. The van der Waals surface area contributed by atoms with Gasteiger partial charge in [0.05, 0.1) is 12.8 Å². The number of carbonyl (C=O) groups excluding carboxylic acids is 1. The number of furan rings is 1. The molecule has 1 heterocycles. The van der Waals surface area contributed by atoms with Gasteiger partial charge >= 0.3 is 0 Å². The smallest absolute Gasteiger partial charge is 0.231 e. The average Bonchev–Trinajstić information content (AvgIpc) is 3.26. The van der Waals surface area contributed by atoms with E-state index in [0.717, 1.165) is 0 Å². The molecule has 132 valence electrons. The minimum absolute atomic E-state index is 0.142. The lowest BCUT2D eigenvalue weighted by atomic mass is 10.1. The molecule has 3 nitrogen and oxygen atoms in total. The highest BCUT2D eigenvalue weighted by Crippen LogP contribution is 2.49. The molecular formula is C21H17F2NO2. The highest BCUT2D eigenvalue weighted by molar-refractivity contribution is 5.97. The maximum Gasteiger partial charge on any atom is 0.231 e. The van der Waals surface area contributed by atoms with Crippen LogP contribution in [0.25, 0.3) is 0 Å². The van der Waals surface area contributed by atoms with Gasteiger partial charge in [0.1, 0.15) is 17.4 Å². The zero-order valence-electron chi connectivity index (χ0n) is 13.9. The van der Waals surface area contributed by atoms with Crippen LogP contribution < -0.4 is 4.90 Å². The maximum atomic E-state index is 14.0. The first kappa shape index (κ1) is 16.5. The van der Waals surface area contributed by atoms with Crippen molar-refractivity contribution in [1.29, 1.82) is 0 Å². The van der Waals surface area contributed by atoms with Crippen molar-refractivity contribution in [1.82, 2.24) is 0 Å². The third-order valence-corrected chi connectivity index (χ3v) is 4.69. The van der Waals surface area contributed by atoms with Crippen LogP contribution >= 0.6 is 0 Å². The van der Waals surface area contributed by atoms with Gasteiger partial charge in [-0.3, -0.25) is 4.79 Å². The minimum Gasteiger partial charge on any atom is -0.467 e. The highest BCUT2D eigenvalue weighted by Gasteiger charge is 2.47. The lowest BCUT2D eigenvalue weighted by molar-refractivity contribution is -0.120. The second kappa shape index (κ2) is 6.75. The number of nitrogens with zero attached hydrogens (tertiary/aromatic N) is 1. The van der Waals surface area contributed by atoms with E-state index in [9.17, 15) is 13.6 Å². The fourth-order valence-corrected chi connectivity index (χ4v) is 3.29. The highest BCUT2D eigenvalue weighted by atomic mass is 19.1. The van der Waals surface area contributed by atoms with E-state index in [4.69, 9.17) is 4.42 Å². The van der Waals surface area contributed by atoms with Gasteiger partial charge in [-0.25, -0.2) is 8.78 Å². The Balaban J connectivity index is 1.60. The summed E-state index contributed by atoms with van der Waals surface area (Å²) in [7, 11) is 0. The van der Waals surface area contributed by atoms with Crippen LogP contribution in [0.5, 0.6) is 0 Å². The van der Waals surface area contributed by atoms with Crippen molar-refractivity contribution in [3.05, 3.63) is 89.9 Å². The van der Waals surface area contributed by atoms with E-state index >= 15 is 0 Å². The van der Waals surface area contributed by atoms with Crippen molar-refractivity contribution < 1.29 is 18.0 Å². The SMILES string of the molecule is O=C([C@@H]1C[C@@H]1c1ccccc1F)N(Cc1ccco1)c1cccc(F)c1. The quantitative estimate of drug-likeness (QED) is 0.654. The summed E-state index contributed by atoms with van der Waals surface area (Å²) in [5.74, 6) is -0.718. The van der Waals surface area contributed by atoms with Gasteiger partial charge in [0.25, 0.3) is 0 Å². The first-order valence-corrected chi connectivity index (χ1v) is 8.47.